The van der Waals surface area contributed by atoms with Gasteiger partial charge in [-0.3, -0.25) is 5.10 Å². The van der Waals surface area contributed by atoms with Crippen molar-refractivity contribution < 1.29 is 0 Å². The van der Waals surface area contributed by atoms with Crippen LogP contribution >= 0.6 is 11.6 Å². The fraction of sp³-hybridized carbons (Fsp3) is 0.167. The van der Waals surface area contributed by atoms with E-state index in [0.29, 0.717) is 17.1 Å². The molecule has 0 amide bonds. The van der Waals surface area contributed by atoms with E-state index in [1.165, 1.54) is 0 Å². The zero-order chi connectivity index (χ0) is 12.3. The Kier molecular flexibility index (Phi) is 3.31. The summed E-state index contributed by atoms with van der Waals surface area (Å²) in [4.78, 5) is 0. The molecule has 1 heterocycles. The fourth-order valence-electron chi connectivity index (χ4n) is 1.51. The first kappa shape index (κ1) is 11.5. The number of halogens is 1. The standard InChI is InChI=1S/C12H11ClN4/c1-8-10(7-16-17-8)6-15-12-3-2-11(13)4-9(12)5-14/h2-4,7,15H,6H2,1H3,(H,16,17). The van der Waals surface area contributed by atoms with Crippen LogP contribution in [0.4, 0.5) is 5.69 Å². The van der Waals surface area contributed by atoms with Crippen LogP contribution in [0.3, 0.4) is 0 Å². The molecule has 5 heteroatoms. The molecular formula is C12H11ClN4. The largest absolute Gasteiger partial charge is 0.380 e. The lowest BCUT2D eigenvalue weighted by atomic mass is 10.2. The second-order valence-electron chi connectivity index (χ2n) is 3.68. The molecule has 0 saturated heterocycles. The predicted octanol–water partition coefficient (Wildman–Crippen LogP) is 2.86. The van der Waals surface area contributed by atoms with Gasteiger partial charge in [0.15, 0.2) is 0 Å². The van der Waals surface area contributed by atoms with Crippen molar-refractivity contribution in [2.45, 2.75) is 13.5 Å². The van der Waals surface area contributed by atoms with Crippen molar-refractivity contribution >= 4 is 17.3 Å². The Morgan fingerprint density at radius 3 is 3.00 bits per heavy atom. The average Bonchev–Trinajstić information content (AvgIpc) is 2.73. The molecule has 2 aromatic rings. The molecule has 0 atom stereocenters. The number of nitrogens with zero attached hydrogens (tertiary/aromatic N) is 2. The van der Waals surface area contributed by atoms with Crippen LogP contribution in [0.5, 0.6) is 0 Å². The molecule has 0 saturated carbocycles. The summed E-state index contributed by atoms with van der Waals surface area (Å²) in [5.74, 6) is 0. The predicted molar refractivity (Wildman–Crippen MR) is 66.8 cm³/mol. The minimum atomic E-state index is 0.540. The molecule has 86 valence electrons. The summed E-state index contributed by atoms with van der Waals surface area (Å²) in [7, 11) is 0. The van der Waals surface area contributed by atoms with Crippen molar-refractivity contribution in [3.63, 3.8) is 0 Å². The van der Waals surface area contributed by atoms with Crippen LogP contribution in [0, 0.1) is 18.3 Å². The normalized spacial score (nSPS) is 9.94. The van der Waals surface area contributed by atoms with Gasteiger partial charge in [-0.1, -0.05) is 11.6 Å². The van der Waals surface area contributed by atoms with E-state index in [1.807, 2.05) is 6.92 Å². The summed E-state index contributed by atoms with van der Waals surface area (Å²) in [6.45, 7) is 2.58. The number of rotatable bonds is 3. The van der Waals surface area contributed by atoms with E-state index in [4.69, 9.17) is 16.9 Å². The summed E-state index contributed by atoms with van der Waals surface area (Å²) < 4.78 is 0. The van der Waals surface area contributed by atoms with E-state index in [0.717, 1.165) is 16.9 Å². The van der Waals surface area contributed by atoms with Crippen LogP contribution in [0.1, 0.15) is 16.8 Å². The third kappa shape index (κ3) is 2.58. The third-order valence-corrected chi connectivity index (χ3v) is 2.74. The van der Waals surface area contributed by atoms with Crippen LogP contribution in [-0.4, -0.2) is 10.2 Å². The van der Waals surface area contributed by atoms with Crippen LogP contribution in [0.2, 0.25) is 5.02 Å². The maximum Gasteiger partial charge on any atom is 0.101 e. The van der Waals surface area contributed by atoms with Gasteiger partial charge >= 0.3 is 0 Å². The highest BCUT2D eigenvalue weighted by molar-refractivity contribution is 6.30. The molecular weight excluding hydrogens is 236 g/mol. The Hall–Kier alpha value is -1.99. The van der Waals surface area contributed by atoms with E-state index in [2.05, 4.69) is 21.6 Å². The third-order valence-electron chi connectivity index (χ3n) is 2.51. The molecule has 1 aromatic heterocycles. The number of nitriles is 1. The number of aromatic nitrogens is 2. The number of benzene rings is 1. The molecule has 1 aromatic carbocycles. The Labute approximate surface area is 104 Å². The van der Waals surface area contributed by atoms with Gasteiger partial charge in [-0.05, 0) is 25.1 Å². The van der Waals surface area contributed by atoms with Gasteiger partial charge in [0.25, 0.3) is 0 Å². The van der Waals surface area contributed by atoms with Crippen LogP contribution in [0.15, 0.2) is 24.4 Å². The van der Waals surface area contributed by atoms with Crippen LogP contribution in [0.25, 0.3) is 0 Å². The fourth-order valence-corrected chi connectivity index (χ4v) is 1.68. The summed E-state index contributed by atoms with van der Waals surface area (Å²) in [5.41, 5.74) is 3.41. The Balaban J connectivity index is 2.15. The first-order valence-electron chi connectivity index (χ1n) is 5.13. The van der Waals surface area contributed by atoms with Gasteiger partial charge in [-0.25, -0.2) is 0 Å². The summed E-state index contributed by atoms with van der Waals surface area (Å²) in [6.07, 6.45) is 1.77. The molecule has 17 heavy (non-hydrogen) atoms. The van der Waals surface area contributed by atoms with Gasteiger partial charge < -0.3 is 5.32 Å². The van der Waals surface area contributed by atoms with E-state index < -0.39 is 0 Å². The maximum atomic E-state index is 8.99. The van der Waals surface area contributed by atoms with E-state index >= 15 is 0 Å². The van der Waals surface area contributed by atoms with E-state index in [9.17, 15) is 0 Å². The highest BCUT2D eigenvalue weighted by Crippen LogP contribution is 2.20. The van der Waals surface area contributed by atoms with Crippen LogP contribution in [-0.2, 0) is 6.54 Å². The van der Waals surface area contributed by atoms with Crippen molar-refractivity contribution in [2.24, 2.45) is 0 Å². The lowest BCUT2D eigenvalue weighted by molar-refractivity contribution is 1.04. The number of aryl methyl sites for hydroxylation is 1. The van der Waals surface area contributed by atoms with Gasteiger partial charge in [0.1, 0.15) is 6.07 Å². The lowest BCUT2D eigenvalue weighted by Gasteiger charge is -2.07. The van der Waals surface area contributed by atoms with Gasteiger partial charge in [0, 0.05) is 22.8 Å². The second kappa shape index (κ2) is 4.89. The molecule has 0 spiro atoms. The molecule has 0 fully saturated rings. The Bertz CT molecular complexity index is 568. The smallest absolute Gasteiger partial charge is 0.101 e. The Morgan fingerprint density at radius 1 is 1.53 bits per heavy atom. The van der Waals surface area contributed by atoms with Gasteiger partial charge in [-0.2, -0.15) is 10.4 Å². The second-order valence-corrected chi connectivity index (χ2v) is 4.11. The zero-order valence-corrected chi connectivity index (χ0v) is 10.0. The summed E-state index contributed by atoms with van der Waals surface area (Å²) >= 11 is 5.83. The summed E-state index contributed by atoms with van der Waals surface area (Å²) in [6, 6.07) is 7.31. The molecule has 0 unspecified atom stereocenters. The molecule has 0 aliphatic heterocycles. The number of hydrogen-bond acceptors (Lipinski definition) is 3. The monoisotopic (exact) mass is 246 g/mol. The number of anilines is 1. The summed E-state index contributed by atoms with van der Waals surface area (Å²) in [5, 5.41) is 19.5. The van der Waals surface area contributed by atoms with E-state index in [1.54, 1.807) is 24.4 Å². The van der Waals surface area contributed by atoms with Crippen molar-refractivity contribution in [1.82, 2.24) is 10.2 Å². The molecule has 0 bridgehead atoms. The number of H-pyrrole nitrogens is 1. The number of aromatic amines is 1. The highest BCUT2D eigenvalue weighted by Gasteiger charge is 2.04. The first-order valence-corrected chi connectivity index (χ1v) is 5.51. The van der Waals surface area contributed by atoms with Gasteiger partial charge in [0.2, 0.25) is 0 Å². The number of nitrogens with one attached hydrogen (secondary N) is 2. The quantitative estimate of drug-likeness (QED) is 0.875. The number of hydrogen-bond donors (Lipinski definition) is 2. The van der Waals surface area contributed by atoms with Gasteiger partial charge in [-0.15, -0.1) is 0 Å². The van der Waals surface area contributed by atoms with Crippen molar-refractivity contribution in [3.8, 4) is 6.07 Å². The van der Waals surface area contributed by atoms with Crippen LogP contribution < -0.4 is 5.32 Å². The molecule has 4 nitrogen and oxygen atoms in total. The van der Waals surface area contributed by atoms with Crippen molar-refractivity contribution in [3.05, 3.63) is 46.2 Å². The average molecular weight is 247 g/mol. The van der Waals surface area contributed by atoms with Crippen molar-refractivity contribution in [2.75, 3.05) is 5.32 Å². The molecule has 2 rings (SSSR count). The Morgan fingerprint density at radius 2 is 2.35 bits per heavy atom. The first-order chi connectivity index (χ1) is 8.20. The SMILES string of the molecule is Cc1[nH]ncc1CNc1ccc(Cl)cc1C#N. The zero-order valence-electron chi connectivity index (χ0n) is 9.29. The highest BCUT2D eigenvalue weighted by atomic mass is 35.5. The molecule has 2 N–H and O–H groups in total. The maximum absolute atomic E-state index is 8.99. The van der Waals surface area contributed by atoms with E-state index in [-0.39, 0.29) is 0 Å². The molecule has 0 aliphatic carbocycles. The topological polar surface area (TPSA) is 64.5 Å². The lowest BCUT2D eigenvalue weighted by Crippen LogP contribution is -2.01. The van der Waals surface area contributed by atoms with Gasteiger partial charge in [0.05, 0.1) is 17.4 Å². The molecule has 0 aliphatic rings. The molecule has 0 radical (unpaired) electrons. The minimum absolute atomic E-state index is 0.540. The van der Waals surface area contributed by atoms with Crippen molar-refractivity contribution in [1.29, 1.82) is 5.26 Å². The minimum Gasteiger partial charge on any atom is -0.380 e.